The minimum absolute atomic E-state index is 0.00925. The number of nitrogen functional groups attached to an aromatic ring is 1. The SMILES string of the molecule is Nc1nc(CON=CC(=O)NC2C(=O)N3C(C(=O)O)=C(CSC(=S)N4CCN(c5cc6c(cc5F)c(=O)c(C(=O)O)cn6C5CC5)CC4)CSC23)cs1. The van der Waals surface area contributed by atoms with Gasteiger partial charge in [-0.05, 0) is 30.5 Å². The van der Waals surface area contributed by atoms with Gasteiger partial charge in [0, 0.05) is 60.7 Å². The zero-order valence-electron chi connectivity index (χ0n) is 27.6. The van der Waals surface area contributed by atoms with Gasteiger partial charge in [-0.1, -0.05) is 29.1 Å². The number of carboxylic acid groups (broad SMARTS) is 2. The highest BCUT2D eigenvalue weighted by Gasteiger charge is 2.54. The summed E-state index contributed by atoms with van der Waals surface area (Å²) in [6.45, 7) is 1.75. The molecule has 0 radical (unpaired) electrons. The first-order valence-electron chi connectivity index (χ1n) is 16.2. The quantitative estimate of drug-likeness (QED) is 0.0948. The van der Waals surface area contributed by atoms with Crippen molar-refractivity contribution in [2.24, 2.45) is 5.16 Å². The van der Waals surface area contributed by atoms with Crippen molar-refractivity contribution in [3.63, 3.8) is 0 Å². The average Bonchev–Trinajstić information content (AvgIpc) is 3.90. The number of aliphatic carboxylic acids is 1. The summed E-state index contributed by atoms with van der Waals surface area (Å²) in [7, 11) is 0. The van der Waals surface area contributed by atoms with E-state index < -0.39 is 46.4 Å². The molecule has 2 amide bonds. The van der Waals surface area contributed by atoms with Gasteiger partial charge in [-0.15, -0.1) is 23.1 Å². The van der Waals surface area contributed by atoms with Crippen LogP contribution in [0.25, 0.3) is 10.9 Å². The Morgan fingerprint density at radius 2 is 1.92 bits per heavy atom. The Morgan fingerprint density at radius 1 is 1.17 bits per heavy atom. The highest BCUT2D eigenvalue weighted by molar-refractivity contribution is 8.23. The minimum atomic E-state index is -1.35. The third kappa shape index (κ3) is 7.42. The van der Waals surface area contributed by atoms with Crippen LogP contribution in [-0.4, -0.2) is 113 Å². The van der Waals surface area contributed by atoms with Crippen LogP contribution in [0.2, 0.25) is 0 Å². The molecule has 3 aliphatic heterocycles. The standard InChI is InChI=1S/C32H31FN8O8S4/c33-20-7-18-21(40(17-1-2-17)10-19(26(18)43)29(45)46)8-22(20)38-3-5-39(6-4-38)32(50)53-13-15-12-51-28-24(27(44)41(28)25(15)30(47)48)37-23(42)9-35-49-11-16-14-52-31(34)36-16/h7-10,14,17,24,28H,1-6,11-13H2,(H2,34,36)(H,37,42)(H,45,46)(H,47,48). The molecule has 2 saturated heterocycles. The molecule has 0 spiro atoms. The molecule has 5 heterocycles. The molecule has 16 nitrogen and oxygen atoms in total. The summed E-state index contributed by atoms with van der Waals surface area (Å²) in [4.78, 5) is 76.4. The van der Waals surface area contributed by atoms with Gasteiger partial charge >= 0.3 is 11.9 Å². The Morgan fingerprint density at radius 3 is 2.58 bits per heavy atom. The van der Waals surface area contributed by atoms with Gasteiger partial charge in [0.15, 0.2) is 11.7 Å². The monoisotopic (exact) mass is 802 g/mol. The summed E-state index contributed by atoms with van der Waals surface area (Å²) < 4.78 is 17.7. The Balaban J connectivity index is 0.942. The number of nitrogens with zero attached hydrogens (tertiary/aromatic N) is 6. The van der Waals surface area contributed by atoms with E-state index in [9.17, 15) is 34.2 Å². The number of halogens is 1. The molecule has 1 saturated carbocycles. The number of rotatable bonds is 11. The van der Waals surface area contributed by atoms with Crippen LogP contribution in [0.3, 0.4) is 0 Å². The second-order valence-electron chi connectivity index (χ2n) is 12.5. The normalized spacial score (nSPS) is 20.1. The predicted octanol–water partition coefficient (Wildman–Crippen LogP) is 2.29. The van der Waals surface area contributed by atoms with Crippen molar-refractivity contribution < 1.29 is 38.6 Å². The van der Waals surface area contributed by atoms with E-state index in [4.69, 9.17) is 22.8 Å². The number of thiazole rings is 1. The third-order valence-electron chi connectivity index (χ3n) is 9.09. The molecule has 53 heavy (non-hydrogen) atoms. The number of hydrogen-bond acceptors (Lipinski definition) is 14. The number of hydrogen-bond donors (Lipinski definition) is 4. The number of anilines is 2. The van der Waals surface area contributed by atoms with Crippen LogP contribution >= 0.6 is 47.1 Å². The first kappa shape index (κ1) is 36.6. The second kappa shape index (κ2) is 15.0. The van der Waals surface area contributed by atoms with Crippen molar-refractivity contribution in [1.82, 2.24) is 24.7 Å². The molecule has 2 aromatic heterocycles. The van der Waals surface area contributed by atoms with Crippen molar-refractivity contribution in [2.45, 2.75) is 36.9 Å². The topological polar surface area (TPSA) is 213 Å². The highest BCUT2D eigenvalue weighted by atomic mass is 32.2. The van der Waals surface area contributed by atoms with E-state index in [1.165, 1.54) is 46.0 Å². The number of benzene rings is 1. The zero-order valence-corrected chi connectivity index (χ0v) is 30.9. The van der Waals surface area contributed by atoms with Crippen molar-refractivity contribution >= 4 is 103 Å². The Kier molecular flexibility index (Phi) is 10.3. The summed E-state index contributed by atoms with van der Waals surface area (Å²) in [5.41, 5.74) is 6.20. The van der Waals surface area contributed by atoms with Crippen LogP contribution in [0.4, 0.5) is 15.2 Å². The largest absolute Gasteiger partial charge is 0.477 e. The van der Waals surface area contributed by atoms with Crippen LogP contribution in [0.15, 0.2) is 44.9 Å². The fourth-order valence-corrected chi connectivity index (χ4v) is 9.62. The van der Waals surface area contributed by atoms with E-state index in [-0.39, 0.29) is 35.0 Å². The third-order valence-corrected chi connectivity index (χ3v) is 12.8. The number of β-lactam (4-membered cyclic amide) rings is 1. The number of fused-ring (bicyclic) bond motifs is 2. The summed E-state index contributed by atoms with van der Waals surface area (Å²) in [6.07, 6.45) is 3.92. The van der Waals surface area contributed by atoms with Crippen molar-refractivity contribution in [2.75, 3.05) is 48.3 Å². The van der Waals surface area contributed by atoms with Crippen molar-refractivity contribution in [1.29, 1.82) is 0 Å². The Bertz CT molecular complexity index is 2160. The number of carbonyl (C=O) groups excluding carboxylic acids is 2. The van der Waals surface area contributed by atoms with Gasteiger partial charge in [0.25, 0.3) is 11.8 Å². The number of aromatic carboxylic acids is 1. The van der Waals surface area contributed by atoms with Crippen molar-refractivity contribution in [3.8, 4) is 0 Å². The van der Waals surface area contributed by atoms with Crippen LogP contribution < -0.4 is 21.4 Å². The van der Waals surface area contributed by atoms with Crippen LogP contribution in [0, 0.1) is 5.82 Å². The van der Waals surface area contributed by atoms with Gasteiger partial charge in [0.2, 0.25) is 5.43 Å². The fourth-order valence-electron chi connectivity index (χ4n) is 6.34. The molecular formula is C32H31FN8O8S4. The molecule has 3 fully saturated rings. The molecule has 2 atom stereocenters. The molecule has 0 bridgehead atoms. The van der Waals surface area contributed by atoms with Gasteiger partial charge in [0.05, 0.1) is 16.9 Å². The smallest absolute Gasteiger partial charge is 0.352 e. The molecule has 7 rings (SSSR count). The second-order valence-corrected chi connectivity index (χ2v) is 16.1. The number of thioether (sulfide) groups is 2. The Labute approximate surface area is 317 Å². The van der Waals surface area contributed by atoms with Gasteiger partial charge in [0.1, 0.15) is 39.0 Å². The van der Waals surface area contributed by atoms with Gasteiger partial charge < -0.3 is 40.5 Å². The lowest BCUT2D eigenvalue weighted by atomic mass is 10.0. The van der Waals surface area contributed by atoms with Crippen molar-refractivity contribution in [3.05, 3.63) is 62.3 Å². The molecule has 2 unspecified atom stereocenters. The Hall–Kier alpha value is -4.73. The number of nitrogens with one attached hydrogen (secondary N) is 1. The number of carboxylic acids is 2. The maximum absolute atomic E-state index is 15.4. The molecule has 278 valence electrons. The lowest BCUT2D eigenvalue weighted by molar-refractivity contribution is -0.150. The molecule has 1 aromatic carbocycles. The molecule has 4 aliphatic rings. The van der Waals surface area contributed by atoms with E-state index in [1.54, 1.807) is 16.0 Å². The number of nitrogens with two attached hydrogens (primary N) is 1. The molecule has 3 aromatic rings. The summed E-state index contributed by atoms with van der Waals surface area (Å²) in [6, 6.07) is 1.86. The summed E-state index contributed by atoms with van der Waals surface area (Å²) in [5, 5.41) is 27.2. The maximum atomic E-state index is 15.4. The fraction of sp³-hybridized carbons (Fsp3) is 0.375. The van der Waals surface area contributed by atoms with Crippen LogP contribution in [0.5, 0.6) is 0 Å². The molecule has 21 heteroatoms. The number of piperazine rings is 1. The number of pyridine rings is 1. The minimum Gasteiger partial charge on any atom is -0.477 e. The van der Waals surface area contributed by atoms with E-state index in [0.29, 0.717) is 63.9 Å². The van der Waals surface area contributed by atoms with Gasteiger partial charge in [-0.2, -0.15) is 0 Å². The summed E-state index contributed by atoms with van der Waals surface area (Å²) >= 11 is 9.54. The van der Waals surface area contributed by atoms with E-state index >= 15 is 4.39 Å². The summed E-state index contributed by atoms with van der Waals surface area (Å²) in [5.74, 6) is -3.93. The zero-order chi connectivity index (χ0) is 37.6. The van der Waals surface area contributed by atoms with Crippen LogP contribution in [0.1, 0.15) is 34.9 Å². The number of aromatic nitrogens is 2. The number of thiocarbonyl (C=S) groups is 1. The molecular weight excluding hydrogens is 772 g/mol. The van der Waals surface area contributed by atoms with Crippen LogP contribution in [-0.2, 0) is 25.8 Å². The molecule has 5 N–H and O–H groups in total. The van der Waals surface area contributed by atoms with E-state index in [0.717, 1.165) is 25.1 Å². The van der Waals surface area contributed by atoms with Gasteiger partial charge in [-0.3, -0.25) is 19.3 Å². The first-order valence-corrected chi connectivity index (χ1v) is 19.6. The predicted molar refractivity (Wildman–Crippen MR) is 202 cm³/mol. The lowest BCUT2D eigenvalue weighted by Gasteiger charge is -2.49. The number of oxime groups is 1. The number of carbonyl (C=O) groups is 4. The highest BCUT2D eigenvalue weighted by Crippen LogP contribution is 2.42. The maximum Gasteiger partial charge on any atom is 0.352 e. The lowest BCUT2D eigenvalue weighted by Crippen LogP contribution is -2.70. The number of amides is 2. The van der Waals surface area contributed by atoms with E-state index in [1.807, 2.05) is 9.80 Å². The van der Waals surface area contributed by atoms with Gasteiger partial charge in [-0.25, -0.2) is 19.0 Å². The molecule has 1 aliphatic carbocycles. The first-order chi connectivity index (χ1) is 25.4. The average molecular weight is 803 g/mol. The van der Waals surface area contributed by atoms with E-state index in [2.05, 4.69) is 15.5 Å².